The van der Waals surface area contributed by atoms with Crippen LogP contribution in [0.4, 0.5) is 22.0 Å². The van der Waals surface area contributed by atoms with Crippen LogP contribution in [0.5, 0.6) is 5.75 Å². The zero-order valence-corrected chi connectivity index (χ0v) is 8.89. The van der Waals surface area contributed by atoms with Crippen LogP contribution >= 0.6 is 0 Å². The molecule has 1 rings (SSSR count). The molecule has 0 spiro atoms. The number of hydrogen-bond acceptors (Lipinski definition) is 2. The van der Waals surface area contributed by atoms with Crippen LogP contribution in [0.2, 0.25) is 0 Å². The van der Waals surface area contributed by atoms with Crippen molar-refractivity contribution >= 4 is 5.84 Å². The normalized spacial score (nSPS) is 11.7. The third kappa shape index (κ3) is 3.57. The molecule has 0 aliphatic heterocycles. The van der Waals surface area contributed by atoms with Gasteiger partial charge in [-0.15, -0.1) is 0 Å². The van der Waals surface area contributed by atoms with E-state index >= 15 is 0 Å². The minimum atomic E-state index is -4.61. The molecule has 0 aliphatic rings. The number of amidine groups is 1. The van der Waals surface area contributed by atoms with Crippen LogP contribution in [0, 0.1) is 5.41 Å². The molecule has 3 nitrogen and oxygen atoms in total. The molecule has 0 saturated carbocycles. The van der Waals surface area contributed by atoms with Crippen LogP contribution in [0.1, 0.15) is 11.1 Å². The van der Waals surface area contributed by atoms with Gasteiger partial charge < -0.3 is 10.5 Å². The SMILES string of the molecule is N=C(N)c1cc(C(F)(F)F)ccc1OCC(F)F. The second-order valence-electron chi connectivity index (χ2n) is 3.32. The van der Waals surface area contributed by atoms with Crippen LogP contribution in [0.25, 0.3) is 0 Å². The summed E-state index contributed by atoms with van der Waals surface area (Å²) in [4.78, 5) is 0. The lowest BCUT2D eigenvalue weighted by Gasteiger charge is -2.13. The van der Waals surface area contributed by atoms with E-state index in [0.29, 0.717) is 12.1 Å². The molecule has 0 heterocycles. The van der Waals surface area contributed by atoms with E-state index < -0.39 is 30.6 Å². The fourth-order valence-corrected chi connectivity index (χ4v) is 1.20. The predicted octanol–water partition coefficient (Wildman–Crippen LogP) is 2.63. The average molecular weight is 268 g/mol. The monoisotopic (exact) mass is 268 g/mol. The number of halogens is 5. The highest BCUT2D eigenvalue weighted by atomic mass is 19.4. The third-order valence-electron chi connectivity index (χ3n) is 1.96. The van der Waals surface area contributed by atoms with Gasteiger partial charge in [-0.05, 0) is 18.2 Å². The molecule has 0 bridgehead atoms. The number of nitrogen functional groups attached to an aromatic ring is 1. The Morgan fingerprint density at radius 3 is 2.39 bits per heavy atom. The molecule has 0 unspecified atom stereocenters. The first-order chi connectivity index (χ1) is 8.21. The van der Waals surface area contributed by atoms with Crippen molar-refractivity contribution in [2.24, 2.45) is 5.73 Å². The van der Waals surface area contributed by atoms with Crippen LogP contribution in [0.15, 0.2) is 18.2 Å². The van der Waals surface area contributed by atoms with Crippen molar-refractivity contribution in [3.8, 4) is 5.75 Å². The van der Waals surface area contributed by atoms with E-state index in [2.05, 4.69) is 4.74 Å². The van der Waals surface area contributed by atoms with E-state index in [9.17, 15) is 22.0 Å². The molecule has 1 aromatic rings. The Bertz CT molecular complexity index is 444. The molecule has 0 aliphatic carbocycles. The minimum Gasteiger partial charge on any atom is -0.487 e. The van der Waals surface area contributed by atoms with Gasteiger partial charge in [0.1, 0.15) is 18.2 Å². The smallest absolute Gasteiger partial charge is 0.416 e. The third-order valence-corrected chi connectivity index (χ3v) is 1.96. The predicted molar refractivity (Wildman–Crippen MR) is 54.0 cm³/mol. The maximum atomic E-state index is 12.4. The largest absolute Gasteiger partial charge is 0.487 e. The Labute approximate surface area is 98.9 Å². The second-order valence-corrected chi connectivity index (χ2v) is 3.32. The Kier molecular flexibility index (Phi) is 4.10. The Hall–Kier alpha value is -1.86. The highest BCUT2D eigenvalue weighted by molar-refractivity contribution is 5.97. The Morgan fingerprint density at radius 1 is 1.33 bits per heavy atom. The molecule has 0 saturated heterocycles. The van der Waals surface area contributed by atoms with Gasteiger partial charge in [-0.1, -0.05) is 0 Å². The molecule has 100 valence electrons. The van der Waals surface area contributed by atoms with Gasteiger partial charge in [0.2, 0.25) is 0 Å². The van der Waals surface area contributed by atoms with Crippen molar-refractivity contribution in [3.05, 3.63) is 29.3 Å². The van der Waals surface area contributed by atoms with Gasteiger partial charge in [0.05, 0.1) is 11.1 Å². The summed E-state index contributed by atoms with van der Waals surface area (Å²) >= 11 is 0. The Balaban J connectivity index is 3.09. The molecule has 0 fully saturated rings. The van der Waals surface area contributed by atoms with E-state index in [1.165, 1.54) is 0 Å². The second kappa shape index (κ2) is 5.19. The molecular weight excluding hydrogens is 259 g/mol. The summed E-state index contributed by atoms with van der Waals surface area (Å²) in [6.07, 6.45) is -7.38. The van der Waals surface area contributed by atoms with Crippen molar-refractivity contribution in [1.82, 2.24) is 0 Å². The summed E-state index contributed by atoms with van der Waals surface area (Å²) in [5.74, 6) is -0.971. The number of nitrogens with one attached hydrogen (secondary N) is 1. The van der Waals surface area contributed by atoms with Gasteiger partial charge >= 0.3 is 6.18 Å². The van der Waals surface area contributed by atoms with Crippen LogP contribution in [-0.4, -0.2) is 18.9 Å². The quantitative estimate of drug-likeness (QED) is 0.501. The molecule has 3 N–H and O–H groups in total. The molecule has 0 radical (unpaired) electrons. The zero-order valence-electron chi connectivity index (χ0n) is 8.89. The van der Waals surface area contributed by atoms with Gasteiger partial charge in [-0.2, -0.15) is 13.2 Å². The van der Waals surface area contributed by atoms with Crippen molar-refractivity contribution in [2.45, 2.75) is 12.6 Å². The summed E-state index contributed by atoms with van der Waals surface area (Å²) in [7, 11) is 0. The van der Waals surface area contributed by atoms with Crippen molar-refractivity contribution < 1.29 is 26.7 Å². The fourth-order valence-electron chi connectivity index (χ4n) is 1.20. The van der Waals surface area contributed by atoms with E-state index in [4.69, 9.17) is 11.1 Å². The number of nitrogens with two attached hydrogens (primary N) is 1. The zero-order chi connectivity index (χ0) is 13.9. The summed E-state index contributed by atoms with van der Waals surface area (Å²) in [6.45, 7) is -0.981. The fraction of sp³-hybridized carbons (Fsp3) is 0.300. The molecule has 18 heavy (non-hydrogen) atoms. The molecule has 0 amide bonds. The van der Waals surface area contributed by atoms with Crippen molar-refractivity contribution in [1.29, 1.82) is 5.41 Å². The van der Waals surface area contributed by atoms with E-state index in [1.807, 2.05) is 0 Å². The average Bonchev–Trinajstić information content (AvgIpc) is 2.24. The lowest BCUT2D eigenvalue weighted by molar-refractivity contribution is -0.137. The van der Waals surface area contributed by atoms with Gasteiger partial charge in [0, 0.05) is 0 Å². The molecule has 8 heteroatoms. The van der Waals surface area contributed by atoms with Gasteiger partial charge in [-0.25, -0.2) is 8.78 Å². The number of benzene rings is 1. The maximum absolute atomic E-state index is 12.4. The first-order valence-corrected chi connectivity index (χ1v) is 4.68. The summed E-state index contributed by atoms with van der Waals surface area (Å²) in [5, 5.41) is 7.11. The lowest BCUT2D eigenvalue weighted by Crippen LogP contribution is -2.17. The highest BCUT2D eigenvalue weighted by Gasteiger charge is 2.31. The van der Waals surface area contributed by atoms with E-state index in [1.54, 1.807) is 0 Å². The van der Waals surface area contributed by atoms with E-state index in [0.717, 1.165) is 6.07 Å². The van der Waals surface area contributed by atoms with Crippen LogP contribution in [-0.2, 0) is 6.18 Å². The minimum absolute atomic E-state index is 0.282. The number of alkyl halides is 5. The molecule has 0 aromatic heterocycles. The first-order valence-electron chi connectivity index (χ1n) is 4.68. The first kappa shape index (κ1) is 14.2. The van der Waals surface area contributed by atoms with Crippen molar-refractivity contribution in [3.63, 3.8) is 0 Å². The van der Waals surface area contributed by atoms with Crippen molar-refractivity contribution in [2.75, 3.05) is 6.61 Å². The molecule has 1 aromatic carbocycles. The standard InChI is InChI=1S/C10H9F5N2O/c11-8(12)4-18-7-2-1-5(10(13,14)15)3-6(7)9(16)17/h1-3,8H,4H2,(H3,16,17). The van der Waals surface area contributed by atoms with Crippen LogP contribution < -0.4 is 10.5 Å². The number of ether oxygens (including phenoxy) is 1. The molecular formula is C10H9F5N2O. The van der Waals surface area contributed by atoms with E-state index in [-0.39, 0.29) is 11.3 Å². The summed E-state index contributed by atoms with van der Waals surface area (Å²) in [5.41, 5.74) is 3.68. The van der Waals surface area contributed by atoms with Crippen LogP contribution in [0.3, 0.4) is 0 Å². The Morgan fingerprint density at radius 2 is 1.94 bits per heavy atom. The summed E-state index contributed by atoms with van der Waals surface area (Å²) in [6, 6.07) is 2.12. The highest BCUT2D eigenvalue weighted by Crippen LogP contribution is 2.32. The number of hydrogen-bond donors (Lipinski definition) is 2. The lowest BCUT2D eigenvalue weighted by atomic mass is 10.1. The van der Waals surface area contributed by atoms with Gasteiger partial charge in [0.25, 0.3) is 6.43 Å². The molecule has 0 atom stereocenters. The summed E-state index contributed by atoms with van der Waals surface area (Å²) < 4.78 is 65.7. The van der Waals surface area contributed by atoms with Gasteiger partial charge in [0.15, 0.2) is 0 Å². The topological polar surface area (TPSA) is 59.1 Å². The maximum Gasteiger partial charge on any atom is 0.416 e. The van der Waals surface area contributed by atoms with Gasteiger partial charge in [-0.3, -0.25) is 5.41 Å². The number of rotatable bonds is 4.